The van der Waals surface area contributed by atoms with E-state index in [1.807, 2.05) is 32.2 Å². The number of rotatable bonds is 5. The second-order valence-electron chi connectivity index (χ2n) is 5.99. The molecule has 0 radical (unpaired) electrons. The molecule has 0 fully saturated rings. The van der Waals surface area contributed by atoms with Crippen molar-refractivity contribution in [1.82, 2.24) is 9.97 Å². The second-order valence-corrected chi connectivity index (χ2v) is 5.99. The summed E-state index contributed by atoms with van der Waals surface area (Å²) in [5, 5.41) is 0. The lowest BCUT2D eigenvalue weighted by atomic mass is 10.1. The lowest BCUT2D eigenvalue weighted by Gasteiger charge is -2.28. The van der Waals surface area contributed by atoms with Crippen molar-refractivity contribution < 1.29 is 9.47 Å². The van der Waals surface area contributed by atoms with Crippen LogP contribution in [0.15, 0.2) is 24.3 Å². The fourth-order valence-electron chi connectivity index (χ4n) is 2.81. The molecule has 0 saturated carbocycles. The van der Waals surface area contributed by atoms with E-state index >= 15 is 0 Å². The Morgan fingerprint density at radius 1 is 1.17 bits per heavy atom. The summed E-state index contributed by atoms with van der Waals surface area (Å²) in [5.41, 5.74) is 7.78. The molecule has 1 aromatic carbocycles. The van der Waals surface area contributed by atoms with E-state index in [2.05, 4.69) is 27.9 Å². The molecule has 1 aliphatic heterocycles. The van der Waals surface area contributed by atoms with Gasteiger partial charge in [-0.3, -0.25) is 0 Å². The van der Waals surface area contributed by atoms with Gasteiger partial charge in [-0.2, -0.15) is 0 Å². The minimum atomic E-state index is 0.140. The monoisotopic (exact) mass is 328 g/mol. The Hall–Kier alpha value is -2.34. The number of aromatic nitrogens is 2. The normalized spacial score (nSPS) is 14.3. The van der Waals surface area contributed by atoms with Gasteiger partial charge in [-0.05, 0) is 38.1 Å². The molecule has 0 spiro atoms. The zero-order chi connectivity index (χ0) is 17.1. The standard InChI is InChI=1S/C18H24N4O2/c1-12(14-4-5-16-17(10-14)24-9-8-23-16)22(3)18-11-15(6-7-19)20-13(2)21-18/h4-5,10-12H,6-9,19H2,1-3H3. The number of anilines is 1. The first kappa shape index (κ1) is 16.5. The first-order chi connectivity index (χ1) is 11.6. The van der Waals surface area contributed by atoms with Gasteiger partial charge >= 0.3 is 0 Å². The molecule has 128 valence electrons. The van der Waals surface area contributed by atoms with Gasteiger partial charge in [-0.25, -0.2) is 9.97 Å². The molecule has 0 amide bonds. The molecule has 0 saturated heterocycles. The van der Waals surface area contributed by atoms with Crippen LogP contribution in [0.1, 0.15) is 30.0 Å². The maximum atomic E-state index is 5.69. The topological polar surface area (TPSA) is 73.5 Å². The molecule has 1 unspecified atom stereocenters. The Bertz CT molecular complexity index is 720. The summed E-state index contributed by atoms with van der Waals surface area (Å²) in [7, 11) is 2.04. The number of nitrogens with zero attached hydrogens (tertiary/aromatic N) is 3. The van der Waals surface area contributed by atoms with Crippen LogP contribution in [0.2, 0.25) is 0 Å². The maximum Gasteiger partial charge on any atom is 0.161 e. The van der Waals surface area contributed by atoms with Gasteiger partial charge < -0.3 is 20.1 Å². The van der Waals surface area contributed by atoms with Crippen LogP contribution in [0.25, 0.3) is 0 Å². The predicted molar refractivity (Wildman–Crippen MR) is 93.8 cm³/mol. The molecule has 24 heavy (non-hydrogen) atoms. The highest BCUT2D eigenvalue weighted by Gasteiger charge is 2.18. The van der Waals surface area contributed by atoms with Crippen LogP contribution in [-0.2, 0) is 6.42 Å². The fraction of sp³-hybridized carbons (Fsp3) is 0.444. The highest BCUT2D eigenvalue weighted by atomic mass is 16.6. The minimum absolute atomic E-state index is 0.140. The number of hydrogen-bond donors (Lipinski definition) is 1. The first-order valence-electron chi connectivity index (χ1n) is 8.25. The van der Waals surface area contributed by atoms with Crippen LogP contribution < -0.4 is 20.1 Å². The van der Waals surface area contributed by atoms with Crippen molar-refractivity contribution in [2.45, 2.75) is 26.3 Å². The molecule has 6 nitrogen and oxygen atoms in total. The Labute approximate surface area is 142 Å². The van der Waals surface area contributed by atoms with Crippen LogP contribution in [0.3, 0.4) is 0 Å². The van der Waals surface area contributed by atoms with E-state index in [9.17, 15) is 0 Å². The van der Waals surface area contributed by atoms with E-state index in [1.165, 1.54) is 0 Å². The lowest BCUT2D eigenvalue weighted by Crippen LogP contribution is -2.24. The Kier molecular flexibility index (Phi) is 4.85. The third-order valence-electron chi connectivity index (χ3n) is 4.27. The molecule has 2 N–H and O–H groups in total. The molecular formula is C18H24N4O2. The highest BCUT2D eigenvalue weighted by Crippen LogP contribution is 2.34. The van der Waals surface area contributed by atoms with Gasteiger partial charge in [-0.1, -0.05) is 6.07 Å². The Balaban J connectivity index is 1.85. The molecule has 3 rings (SSSR count). The smallest absolute Gasteiger partial charge is 0.161 e. The summed E-state index contributed by atoms with van der Waals surface area (Å²) in [6, 6.07) is 8.24. The maximum absolute atomic E-state index is 5.69. The average Bonchev–Trinajstić information content (AvgIpc) is 2.60. The molecule has 1 atom stereocenters. The van der Waals surface area contributed by atoms with Gasteiger partial charge in [0.05, 0.1) is 6.04 Å². The first-order valence-corrected chi connectivity index (χ1v) is 8.25. The van der Waals surface area contributed by atoms with E-state index in [-0.39, 0.29) is 6.04 Å². The largest absolute Gasteiger partial charge is 0.486 e. The number of aryl methyl sites for hydroxylation is 1. The van der Waals surface area contributed by atoms with Gasteiger partial charge in [0.2, 0.25) is 0 Å². The Morgan fingerprint density at radius 2 is 1.92 bits per heavy atom. The molecule has 1 aromatic heterocycles. The second kappa shape index (κ2) is 7.05. The molecule has 6 heteroatoms. The molecular weight excluding hydrogens is 304 g/mol. The molecule has 2 aromatic rings. The quantitative estimate of drug-likeness (QED) is 0.907. The predicted octanol–water partition coefficient (Wildman–Crippen LogP) is 2.25. The van der Waals surface area contributed by atoms with Gasteiger partial charge in [0.25, 0.3) is 0 Å². The van der Waals surface area contributed by atoms with Crippen LogP contribution >= 0.6 is 0 Å². The summed E-state index contributed by atoms with van der Waals surface area (Å²) in [5.74, 6) is 3.27. The Morgan fingerprint density at radius 3 is 2.67 bits per heavy atom. The number of hydrogen-bond acceptors (Lipinski definition) is 6. The van der Waals surface area contributed by atoms with Crippen LogP contribution in [0.4, 0.5) is 5.82 Å². The van der Waals surface area contributed by atoms with Gasteiger partial charge in [-0.15, -0.1) is 0 Å². The van der Waals surface area contributed by atoms with Crippen molar-refractivity contribution >= 4 is 5.82 Å². The van der Waals surface area contributed by atoms with Crippen LogP contribution in [0.5, 0.6) is 11.5 Å². The lowest BCUT2D eigenvalue weighted by molar-refractivity contribution is 0.171. The fourth-order valence-corrected chi connectivity index (χ4v) is 2.81. The summed E-state index contributed by atoms with van der Waals surface area (Å²) < 4.78 is 11.3. The summed E-state index contributed by atoms with van der Waals surface area (Å²) >= 11 is 0. The number of benzene rings is 1. The molecule has 0 aliphatic carbocycles. The summed E-state index contributed by atoms with van der Waals surface area (Å²) in [4.78, 5) is 11.1. The molecule has 1 aliphatic rings. The van der Waals surface area contributed by atoms with Crippen LogP contribution in [-0.4, -0.2) is 36.8 Å². The summed E-state index contributed by atoms with van der Waals surface area (Å²) in [6.45, 7) is 5.83. The van der Waals surface area contributed by atoms with Gasteiger partial charge in [0, 0.05) is 25.2 Å². The van der Waals surface area contributed by atoms with E-state index < -0.39 is 0 Å². The molecule has 0 bridgehead atoms. The third-order valence-corrected chi connectivity index (χ3v) is 4.27. The van der Waals surface area contributed by atoms with Crippen molar-refractivity contribution in [2.24, 2.45) is 5.73 Å². The third kappa shape index (κ3) is 3.43. The van der Waals surface area contributed by atoms with E-state index in [0.717, 1.165) is 40.8 Å². The van der Waals surface area contributed by atoms with Crippen molar-refractivity contribution in [1.29, 1.82) is 0 Å². The number of fused-ring (bicyclic) bond motifs is 1. The van der Waals surface area contributed by atoms with Crippen molar-refractivity contribution in [2.75, 3.05) is 31.7 Å². The minimum Gasteiger partial charge on any atom is -0.486 e. The zero-order valence-electron chi connectivity index (χ0n) is 14.5. The van der Waals surface area contributed by atoms with E-state index in [1.54, 1.807) is 0 Å². The number of nitrogens with two attached hydrogens (primary N) is 1. The van der Waals surface area contributed by atoms with Crippen molar-refractivity contribution in [3.63, 3.8) is 0 Å². The van der Waals surface area contributed by atoms with Crippen molar-refractivity contribution in [3.8, 4) is 11.5 Å². The number of ether oxygens (including phenoxy) is 2. The molecule has 2 heterocycles. The van der Waals surface area contributed by atoms with E-state index in [0.29, 0.717) is 19.8 Å². The summed E-state index contributed by atoms with van der Waals surface area (Å²) in [6.07, 6.45) is 0.753. The highest BCUT2D eigenvalue weighted by molar-refractivity contribution is 5.48. The van der Waals surface area contributed by atoms with Gasteiger partial charge in [0.1, 0.15) is 24.9 Å². The zero-order valence-corrected chi connectivity index (χ0v) is 14.5. The van der Waals surface area contributed by atoms with Crippen LogP contribution in [0, 0.1) is 6.92 Å². The average molecular weight is 328 g/mol. The van der Waals surface area contributed by atoms with Crippen molar-refractivity contribution in [3.05, 3.63) is 41.3 Å². The van der Waals surface area contributed by atoms with E-state index in [4.69, 9.17) is 15.2 Å². The van der Waals surface area contributed by atoms with Gasteiger partial charge in [0.15, 0.2) is 11.5 Å². The SMILES string of the molecule is Cc1nc(CCN)cc(N(C)C(C)c2ccc3c(c2)OCCO3)n1.